The number of methoxy groups -OCH3 is 1. The largest absolute Gasteiger partial charge is 0.384 e. The zero-order chi connectivity index (χ0) is 11.3. The van der Waals surface area contributed by atoms with Gasteiger partial charge in [0.05, 0.1) is 6.61 Å². The van der Waals surface area contributed by atoms with Crippen LogP contribution in [-0.4, -0.2) is 29.6 Å². The fourth-order valence-corrected chi connectivity index (χ4v) is 1.86. The average molecular weight is 229 g/mol. The predicted molar refractivity (Wildman–Crippen MR) is 63.5 cm³/mol. The molecule has 1 N–H and O–H groups in total. The summed E-state index contributed by atoms with van der Waals surface area (Å²) >= 11 is 1.42. The van der Waals surface area contributed by atoms with Gasteiger partial charge in [0.2, 0.25) is 5.13 Å². The summed E-state index contributed by atoms with van der Waals surface area (Å²) in [4.78, 5) is 4.40. The third-order valence-corrected chi connectivity index (χ3v) is 2.70. The average Bonchev–Trinajstić information content (AvgIpc) is 2.63. The molecule has 1 aromatic heterocycles. The summed E-state index contributed by atoms with van der Waals surface area (Å²) in [7, 11) is 1.72. The third kappa shape index (κ3) is 4.13. The van der Waals surface area contributed by atoms with Crippen molar-refractivity contribution in [3.8, 4) is 0 Å². The summed E-state index contributed by atoms with van der Waals surface area (Å²) in [5.74, 6) is 1.80. The van der Waals surface area contributed by atoms with Crippen LogP contribution in [0, 0.1) is 5.92 Å². The van der Waals surface area contributed by atoms with Crippen LogP contribution in [0.1, 0.15) is 32.5 Å². The van der Waals surface area contributed by atoms with Crippen LogP contribution < -0.4 is 5.32 Å². The molecule has 86 valence electrons. The minimum absolute atomic E-state index is 0.396. The fraction of sp³-hybridized carbons (Fsp3) is 0.800. The van der Waals surface area contributed by atoms with E-state index in [1.165, 1.54) is 11.5 Å². The summed E-state index contributed by atoms with van der Waals surface area (Å²) in [5.41, 5.74) is 0. The van der Waals surface area contributed by atoms with Crippen LogP contribution in [-0.2, 0) is 4.74 Å². The van der Waals surface area contributed by atoms with E-state index in [1.54, 1.807) is 7.11 Å². The molecule has 0 bridgehead atoms. The first kappa shape index (κ1) is 12.4. The van der Waals surface area contributed by atoms with E-state index < -0.39 is 0 Å². The Hall–Kier alpha value is -0.680. The summed E-state index contributed by atoms with van der Waals surface area (Å²) in [5, 5.41) is 4.17. The Balaban J connectivity index is 2.37. The van der Waals surface area contributed by atoms with Crippen LogP contribution in [0.3, 0.4) is 0 Å². The highest BCUT2D eigenvalue weighted by Gasteiger charge is 2.08. The maximum atomic E-state index is 5.06. The first-order valence-electron chi connectivity index (χ1n) is 5.20. The number of ether oxygens (including phenoxy) is 1. The Morgan fingerprint density at radius 3 is 2.67 bits per heavy atom. The molecular weight excluding hydrogens is 210 g/mol. The van der Waals surface area contributed by atoms with Crippen molar-refractivity contribution in [1.29, 1.82) is 0 Å². The van der Waals surface area contributed by atoms with Gasteiger partial charge in [-0.1, -0.05) is 20.8 Å². The van der Waals surface area contributed by atoms with Gasteiger partial charge in [-0.15, -0.1) is 0 Å². The molecule has 0 fully saturated rings. The molecule has 0 aliphatic heterocycles. The molecule has 1 heterocycles. The molecule has 0 radical (unpaired) electrons. The van der Waals surface area contributed by atoms with E-state index in [9.17, 15) is 0 Å². The number of rotatable bonds is 6. The van der Waals surface area contributed by atoms with Crippen molar-refractivity contribution in [3.63, 3.8) is 0 Å². The lowest BCUT2D eigenvalue weighted by molar-refractivity contribution is 0.164. The van der Waals surface area contributed by atoms with Crippen LogP contribution in [0.4, 0.5) is 5.13 Å². The van der Waals surface area contributed by atoms with Crippen LogP contribution in [0.5, 0.6) is 0 Å². The van der Waals surface area contributed by atoms with Gasteiger partial charge in [-0.25, -0.2) is 4.98 Å². The number of nitrogens with zero attached hydrogens (tertiary/aromatic N) is 2. The van der Waals surface area contributed by atoms with E-state index in [1.807, 2.05) is 0 Å². The van der Waals surface area contributed by atoms with Gasteiger partial charge < -0.3 is 10.1 Å². The predicted octanol–water partition coefficient (Wildman–Crippen LogP) is 2.36. The van der Waals surface area contributed by atoms with Crippen molar-refractivity contribution < 1.29 is 4.74 Å². The number of aromatic nitrogens is 2. The molecule has 0 amide bonds. The summed E-state index contributed by atoms with van der Waals surface area (Å²) in [6.45, 7) is 7.98. The highest BCUT2D eigenvalue weighted by molar-refractivity contribution is 7.09. The summed E-state index contributed by atoms with van der Waals surface area (Å²) < 4.78 is 9.34. The van der Waals surface area contributed by atoms with Crippen LogP contribution in [0.2, 0.25) is 0 Å². The lowest BCUT2D eigenvalue weighted by atomic mass is 10.2. The van der Waals surface area contributed by atoms with Gasteiger partial charge in [-0.3, -0.25) is 0 Å². The lowest BCUT2D eigenvalue weighted by Gasteiger charge is -2.09. The highest BCUT2D eigenvalue weighted by Crippen LogP contribution is 2.17. The molecule has 4 nitrogen and oxygen atoms in total. The topological polar surface area (TPSA) is 47.0 Å². The van der Waals surface area contributed by atoms with Gasteiger partial charge in [0.1, 0.15) is 5.82 Å². The minimum Gasteiger partial charge on any atom is -0.384 e. The number of hydrogen-bond donors (Lipinski definition) is 1. The molecule has 0 aliphatic rings. The SMILES string of the molecule is COCC(C)CNc1nc(C(C)C)ns1. The number of nitrogens with one attached hydrogen (secondary N) is 1. The van der Waals surface area contributed by atoms with E-state index in [-0.39, 0.29) is 0 Å². The van der Waals surface area contributed by atoms with Crippen molar-refractivity contribution in [2.24, 2.45) is 5.92 Å². The molecule has 5 heteroatoms. The molecule has 0 aromatic carbocycles. The first-order valence-corrected chi connectivity index (χ1v) is 5.97. The van der Waals surface area contributed by atoms with Gasteiger partial charge in [0.15, 0.2) is 0 Å². The molecule has 0 aliphatic carbocycles. The zero-order valence-corrected chi connectivity index (χ0v) is 10.6. The molecule has 1 unspecified atom stereocenters. The van der Waals surface area contributed by atoms with Gasteiger partial charge >= 0.3 is 0 Å². The summed E-state index contributed by atoms with van der Waals surface area (Å²) in [6, 6.07) is 0. The van der Waals surface area contributed by atoms with Crippen molar-refractivity contribution in [2.45, 2.75) is 26.7 Å². The van der Waals surface area contributed by atoms with E-state index in [0.29, 0.717) is 11.8 Å². The minimum atomic E-state index is 0.396. The van der Waals surface area contributed by atoms with E-state index in [2.05, 4.69) is 35.4 Å². The Bertz CT molecular complexity index is 288. The molecular formula is C10H19N3OS. The van der Waals surface area contributed by atoms with Gasteiger partial charge in [0, 0.05) is 31.1 Å². The van der Waals surface area contributed by atoms with E-state index in [4.69, 9.17) is 4.74 Å². The highest BCUT2D eigenvalue weighted by atomic mass is 32.1. The maximum absolute atomic E-state index is 5.06. The molecule has 15 heavy (non-hydrogen) atoms. The molecule has 0 saturated carbocycles. The molecule has 1 atom stereocenters. The van der Waals surface area contributed by atoms with E-state index in [0.717, 1.165) is 24.1 Å². The van der Waals surface area contributed by atoms with Crippen molar-refractivity contribution in [2.75, 3.05) is 25.6 Å². The molecule has 1 aromatic rings. The van der Waals surface area contributed by atoms with Crippen LogP contribution >= 0.6 is 11.5 Å². The number of hydrogen-bond acceptors (Lipinski definition) is 5. The maximum Gasteiger partial charge on any atom is 0.202 e. The molecule has 0 spiro atoms. The van der Waals surface area contributed by atoms with E-state index >= 15 is 0 Å². The fourth-order valence-electron chi connectivity index (χ4n) is 1.15. The van der Waals surface area contributed by atoms with Crippen molar-refractivity contribution in [1.82, 2.24) is 9.36 Å². The van der Waals surface area contributed by atoms with Crippen LogP contribution in [0.25, 0.3) is 0 Å². The quantitative estimate of drug-likeness (QED) is 0.813. The Morgan fingerprint density at radius 2 is 2.13 bits per heavy atom. The van der Waals surface area contributed by atoms with Gasteiger partial charge in [-0.2, -0.15) is 4.37 Å². The first-order chi connectivity index (χ1) is 7.13. The normalized spacial score (nSPS) is 13.1. The lowest BCUT2D eigenvalue weighted by Crippen LogP contribution is -2.15. The Morgan fingerprint density at radius 1 is 1.40 bits per heavy atom. The smallest absolute Gasteiger partial charge is 0.202 e. The second-order valence-electron chi connectivity index (χ2n) is 4.05. The second-order valence-corrected chi connectivity index (χ2v) is 4.81. The molecule has 1 rings (SSSR count). The van der Waals surface area contributed by atoms with Gasteiger partial charge in [0.25, 0.3) is 0 Å². The Labute approximate surface area is 95.2 Å². The number of anilines is 1. The molecule has 0 saturated heterocycles. The monoisotopic (exact) mass is 229 g/mol. The second kappa shape index (κ2) is 6.02. The third-order valence-electron chi connectivity index (χ3n) is 2.01. The van der Waals surface area contributed by atoms with Gasteiger partial charge in [-0.05, 0) is 5.92 Å². The summed E-state index contributed by atoms with van der Waals surface area (Å²) in [6.07, 6.45) is 0. The Kier molecular flexibility index (Phi) is 4.98. The van der Waals surface area contributed by atoms with Crippen LogP contribution in [0.15, 0.2) is 0 Å². The standard InChI is InChI=1S/C10H19N3OS/c1-7(2)9-12-10(15-13-9)11-5-8(3)6-14-4/h7-8H,5-6H2,1-4H3,(H,11,12,13). The van der Waals surface area contributed by atoms with Crippen molar-refractivity contribution in [3.05, 3.63) is 5.82 Å². The zero-order valence-electron chi connectivity index (χ0n) is 9.78. The van der Waals surface area contributed by atoms with Crippen molar-refractivity contribution >= 4 is 16.7 Å².